The van der Waals surface area contributed by atoms with Gasteiger partial charge in [0.05, 0.1) is 19.8 Å². The normalized spacial score (nSPS) is 18.1. The van der Waals surface area contributed by atoms with Gasteiger partial charge in [-0.25, -0.2) is 13.8 Å². The first kappa shape index (κ1) is 17.3. The van der Waals surface area contributed by atoms with Crippen LogP contribution in [0.1, 0.15) is 23.7 Å². The van der Waals surface area contributed by atoms with Gasteiger partial charge < -0.3 is 20.1 Å². The third-order valence-corrected chi connectivity index (χ3v) is 4.12. The summed E-state index contributed by atoms with van der Waals surface area (Å²) in [6.07, 6.45) is 0.769. The van der Waals surface area contributed by atoms with E-state index in [9.17, 15) is 8.78 Å². The number of aryl methyl sites for hydroxylation is 1. The maximum Gasteiger partial charge on any atom is 0.222 e. The summed E-state index contributed by atoms with van der Waals surface area (Å²) in [7, 11) is 1.42. The second kappa shape index (κ2) is 7.18. The lowest BCUT2D eigenvalue weighted by Crippen LogP contribution is -2.32. The molecule has 8 heteroatoms. The smallest absolute Gasteiger partial charge is 0.222 e. The van der Waals surface area contributed by atoms with Crippen molar-refractivity contribution in [3.05, 3.63) is 41.1 Å². The summed E-state index contributed by atoms with van der Waals surface area (Å²) in [4.78, 5) is 10.3. The third-order valence-electron chi connectivity index (χ3n) is 4.12. The zero-order valence-electron chi connectivity index (χ0n) is 14.1. The molecule has 134 valence electrons. The van der Waals surface area contributed by atoms with E-state index < -0.39 is 11.6 Å². The van der Waals surface area contributed by atoms with Crippen LogP contribution < -0.4 is 15.4 Å². The van der Waals surface area contributed by atoms with Crippen LogP contribution >= 0.6 is 0 Å². The molecular formula is C17H20F2N4O2. The molecule has 0 saturated carbocycles. The molecule has 0 unspecified atom stereocenters. The number of rotatable bonds is 3. The molecule has 3 rings (SSSR count). The summed E-state index contributed by atoms with van der Waals surface area (Å²) in [6.45, 7) is 3.31. The van der Waals surface area contributed by atoms with E-state index in [0.29, 0.717) is 31.1 Å². The van der Waals surface area contributed by atoms with E-state index in [0.717, 1.165) is 24.2 Å². The molecule has 2 heterocycles. The van der Waals surface area contributed by atoms with Crippen molar-refractivity contribution >= 4 is 11.8 Å². The number of nitrogen functional groups attached to an aromatic ring is 1. The molecule has 0 amide bonds. The number of ether oxygens (including phenoxy) is 2. The summed E-state index contributed by atoms with van der Waals surface area (Å²) >= 11 is 0. The van der Waals surface area contributed by atoms with Gasteiger partial charge in [-0.1, -0.05) is 0 Å². The van der Waals surface area contributed by atoms with Crippen molar-refractivity contribution in [2.75, 3.05) is 37.5 Å². The van der Waals surface area contributed by atoms with Crippen LogP contribution in [0, 0.1) is 18.6 Å². The number of hydrogen-bond donors (Lipinski definition) is 1. The van der Waals surface area contributed by atoms with E-state index in [-0.39, 0.29) is 17.7 Å². The molecule has 1 aromatic carbocycles. The van der Waals surface area contributed by atoms with Crippen molar-refractivity contribution < 1.29 is 18.3 Å². The van der Waals surface area contributed by atoms with Crippen LogP contribution in [0.2, 0.25) is 0 Å². The SMILES string of the molecule is COc1cc(F)c(F)cc1[C@@H]1COCCCN1c1cc(C)nc(N)n1. The lowest BCUT2D eigenvalue weighted by atomic mass is 10.0. The van der Waals surface area contributed by atoms with Crippen molar-refractivity contribution in [3.63, 3.8) is 0 Å². The zero-order valence-corrected chi connectivity index (χ0v) is 14.1. The number of methoxy groups -OCH3 is 1. The van der Waals surface area contributed by atoms with Gasteiger partial charge in [0.15, 0.2) is 11.6 Å². The van der Waals surface area contributed by atoms with Gasteiger partial charge in [0.2, 0.25) is 5.95 Å². The molecule has 1 aromatic heterocycles. The molecule has 6 nitrogen and oxygen atoms in total. The molecule has 0 aliphatic carbocycles. The zero-order chi connectivity index (χ0) is 18.0. The first-order valence-electron chi connectivity index (χ1n) is 7.98. The number of benzene rings is 1. The van der Waals surface area contributed by atoms with Crippen molar-refractivity contribution in [2.45, 2.75) is 19.4 Å². The third kappa shape index (κ3) is 3.63. The largest absolute Gasteiger partial charge is 0.496 e. The Kier molecular flexibility index (Phi) is 4.98. The number of anilines is 2. The fraction of sp³-hybridized carbons (Fsp3) is 0.412. The first-order chi connectivity index (χ1) is 12.0. The number of halogens is 2. The molecule has 25 heavy (non-hydrogen) atoms. The minimum Gasteiger partial charge on any atom is -0.496 e. The van der Waals surface area contributed by atoms with Crippen LogP contribution in [-0.4, -0.2) is 36.8 Å². The summed E-state index contributed by atoms with van der Waals surface area (Å²) in [6, 6.07) is 3.62. The van der Waals surface area contributed by atoms with E-state index in [2.05, 4.69) is 9.97 Å². The lowest BCUT2D eigenvalue weighted by molar-refractivity contribution is 0.133. The van der Waals surface area contributed by atoms with Gasteiger partial charge in [0.25, 0.3) is 0 Å². The van der Waals surface area contributed by atoms with E-state index >= 15 is 0 Å². The Hall–Kier alpha value is -2.48. The summed E-state index contributed by atoms with van der Waals surface area (Å²) < 4.78 is 38.4. The predicted octanol–water partition coefficient (Wildman–Crippen LogP) is 2.62. The summed E-state index contributed by atoms with van der Waals surface area (Å²) in [5, 5.41) is 0. The number of hydrogen-bond acceptors (Lipinski definition) is 6. The van der Waals surface area contributed by atoms with E-state index in [1.165, 1.54) is 7.11 Å². The van der Waals surface area contributed by atoms with Gasteiger partial charge in [-0.05, 0) is 19.4 Å². The Bertz CT molecular complexity index is 752. The summed E-state index contributed by atoms with van der Waals surface area (Å²) in [5.74, 6) is -0.844. The van der Waals surface area contributed by atoms with Gasteiger partial charge in [0, 0.05) is 36.5 Å². The Morgan fingerprint density at radius 2 is 2.00 bits per heavy atom. The van der Waals surface area contributed by atoms with Gasteiger partial charge in [0.1, 0.15) is 11.6 Å². The van der Waals surface area contributed by atoms with Crippen LogP contribution in [0.25, 0.3) is 0 Å². The topological polar surface area (TPSA) is 73.5 Å². The van der Waals surface area contributed by atoms with Crippen molar-refractivity contribution in [1.29, 1.82) is 0 Å². The van der Waals surface area contributed by atoms with Crippen LogP contribution in [0.4, 0.5) is 20.5 Å². The number of nitrogens with zero attached hydrogens (tertiary/aromatic N) is 3. The molecule has 1 atom stereocenters. The van der Waals surface area contributed by atoms with Crippen LogP contribution in [-0.2, 0) is 4.74 Å². The molecular weight excluding hydrogens is 330 g/mol. The average molecular weight is 350 g/mol. The molecule has 1 saturated heterocycles. The highest BCUT2D eigenvalue weighted by molar-refractivity contribution is 5.49. The molecule has 2 N–H and O–H groups in total. The average Bonchev–Trinajstić information content (AvgIpc) is 2.82. The molecule has 0 bridgehead atoms. The fourth-order valence-corrected chi connectivity index (χ4v) is 3.01. The maximum atomic E-state index is 13.9. The quantitative estimate of drug-likeness (QED) is 0.917. The molecule has 1 fully saturated rings. The first-order valence-corrected chi connectivity index (χ1v) is 7.98. The molecule has 2 aromatic rings. The van der Waals surface area contributed by atoms with Gasteiger partial charge >= 0.3 is 0 Å². The highest BCUT2D eigenvalue weighted by Gasteiger charge is 2.28. The van der Waals surface area contributed by atoms with Crippen molar-refractivity contribution in [3.8, 4) is 5.75 Å². The van der Waals surface area contributed by atoms with Crippen molar-refractivity contribution in [1.82, 2.24) is 9.97 Å². The van der Waals surface area contributed by atoms with Gasteiger partial charge in [-0.3, -0.25) is 0 Å². The van der Waals surface area contributed by atoms with E-state index in [1.54, 1.807) is 6.07 Å². The predicted molar refractivity (Wildman–Crippen MR) is 89.6 cm³/mol. The second-order valence-corrected chi connectivity index (χ2v) is 5.87. The standard InChI is InChI=1S/C17H20F2N4O2/c1-10-6-16(22-17(20)21-10)23-4-3-5-25-9-14(23)11-7-12(18)13(19)8-15(11)24-2/h6-8,14H,3-5,9H2,1-2H3,(H2,20,21,22)/t14-/m0/s1. The monoisotopic (exact) mass is 350 g/mol. The number of aromatic nitrogens is 2. The minimum absolute atomic E-state index is 0.163. The molecule has 0 radical (unpaired) electrons. The fourth-order valence-electron chi connectivity index (χ4n) is 3.01. The van der Waals surface area contributed by atoms with Crippen LogP contribution in [0.3, 0.4) is 0 Å². The highest BCUT2D eigenvalue weighted by Crippen LogP contribution is 2.35. The maximum absolute atomic E-state index is 13.9. The van der Waals surface area contributed by atoms with Crippen molar-refractivity contribution in [2.24, 2.45) is 0 Å². The summed E-state index contributed by atoms with van der Waals surface area (Å²) in [5.41, 5.74) is 7.00. The van der Waals surface area contributed by atoms with E-state index in [4.69, 9.17) is 15.2 Å². The second-order valence-electron chi connectivity index (χ2n) is 5.87. The lowest BCUT2D eigenvalue weighted by Gasteiger charge is -2.31. The molecule has 1 aliphatic heterocycles. The Morgan fingerprint density at radius 1 is 1.24 bits per heavy atom. The van der Waals surface area contributed by atoms with Crippen LogP contribution in [0.15, 0.2) is 18.2 Å². The number of nitrogens with two attached hydrogens (primary N) is 1. The highest BCUT2D eigenvalue weighted by atomic mass is 19.2. The Morgan fingerprint density at radius 3 is 2.72 bits per heavy atom. The molecule has 0 spiro atoms. The molecule has 1 aliphatic rings. The van der Waals surface area contributed by atoms with Crippen LogP contribution in [0.5, 0.6) is 5.75 Å². The Labute approximate surface area is 144 Å². The van der Waals surface area contributed by atoms with Gasteiger partial charge in [-0.15, -0.1) is 0 Å². The minimum atomic E-state index is -0.955. The van der Waals surface area contributed by atoms with Gasteiger partial charge in [-0.2, -0.15) is 4.98 Å². The van der Waals surface area contributed by atoms with E-state index in [1.807, 2.05) is 11.8 Å². The Balaban J connectivity index is 2.09.